The first-order valence-corrected chi connectivity index (χ1v) is 9.80. The first-order valence-electron chi connectivity index (χ1n) is 8.27. The molecule has 0 radical (unpaired) electrons. The maximum atomic E-state index is 14.6. The van der Waals surface area contributed by atoms with Crippen LogP contribution < -0.4 is 15.1 Å². The summed E-state index contributed by atoms with van der Waals surface area (Å²) in [6.45, 7) is -0.165. The fourth-order valence-electron chi connectivity index (χ4n) is 2.88. The van der Waals surface area contributed by atoms with Crippen molar-refractivity contribution in [3.05, 3.63) is 35.8 Å². The van der Waals surface area contributed by atoms with E-state index in [4.69, 9.17) is 4.74 Å². The van der Waals surface area contributed by atoms with Gasteiger partial charge < -0.3 is 15.0 Å². The maximum Gasteiger partial charge on any atom is 0.414 e. The smallest absolute Gasteiger partial charge is 0.414 e. The molecule has 1 aromatic carbocycles. The zero-order valence-electron chi connectivity index (χ0n) is 14.4. The Morgan fingerprint density at radius 1 is 1.29 bits per heavy atom. The lowest BCUT2D eigenvalue weighted by Gasteiger charge is -2.25. The number of alkyl halides is 1. The van der Waals surface area contributed by atoms with Gasteiger partial charge in [-0.1, -0.05) is 22.6 Å². The van der Waals surface area contributed by atoms with Crippen molar-refractivity contribution < 1.29 is 32.3 Å². The minimum Gasteiger partial charge on any atom is -0.442 e. The van der Waals surface area contributed by atoms with E-state index in [1.54, 1.807) is 0 Å². The number of cyclic esters (lactones) is 1. The highest BCUT2D eigenvalue weighted by Crippen LogP contribution is 2.35. The molecule has 0 unspecified atom stereocenters. The molecule has 0 bridgehead atoms. The summed E-state index contributed by atoms with van der Waals surface area (Å²) in [5.41, 5.74) is -1.23. The zero-order valence-corrected chi connectivity index (χ0v) is 16.5. The summed E-state index contributed by atoms with van der Waals surface area (Å²) in [5.74, 6) is -4.42. The fraction of sp³-hybridized carbons (Fsp3) is 0.353. The van der Waals surface area contributed by atoms with E-state index in [1.165, 1.54) is 6.20 Å². The van der Waals surface area contributed by atoms with Gasteiger partial charge in [0.2, 0.25) is 5.91 Å². The van der Waals surface area contributed by atoms with E-state index in [9.17, 15) is 27.6 Å². The van der Waals surface area contributed by atoms with Crippen LogP contribution in [0.3, 0.4) is 0 Å². The normalized spacial score (nSPS) is 19.2. The molecule has 1 atom stereocenters. The quantitative estimate of drug-likeness (QED) is 0.375. The van der Waals surface area contributed by atoms with Crippen LogP contribution in [0.15, 0.2) is 18.3 Å². The van der Waals surface area contributed by atoms with Crippen molar-refractivity contribution >= 4 is 51.7 Å². The second-order valence-corrected chi connectivity index (χ2v) is 6.90. The minimum atomic E-state index is -1.47. The van der Waals surface area contributed by atoms with Gasteiger partial charge in [-0.3, -0.25) is 14.5 Å². The fourth-order valence-corrected chi connectivity index (χ4v) is 3.15. The lowest BCUT2D eigenvalue weighted by atomic mass is 10.1. The first kappa shape index (κ1) is 20.4. The number of ketones is 1. The van der Waals surface area contributed by atoms with Crippen LogP contribution in [0.1, 0.15) is 6.42 Å². The Morgan fingerprint density at radius 3 is 2.68 bits per heavy atom. The maximum absolute atomic E-state index is 14.6. The lowest BCUT2D eigenvalue weighted by molar-refractivity contribution is -0.118. The van der Waals surface area contributed by atoms with Crippen molar-refractivity contribution in [1.82, 2.24) is 5.32 Å². The van der Waals surface area contributed by atoms with Crippen LogP contribution in [-0.2, 0) is 14.3 Å². The molecule has 28 heavy (non-hydrogen) atoms. The Labute approximate surface area is 171 Å². The summed E-state index contributed by atoms with van der Waals surface area (Å²) in [4.78, 5) is 36.4. The number of allylic oxidation sites excluding steroid dienone is 1. The number of hydrogen-bond donors (Lipinski definition) is 1. The molecule has 1 N–H and O–H groups in total. The minimum absolute atomic E-state index is 0.00133. The van der Waals surface area contributed by atoms with Crippen LogP contribution in [0.25, 0.3) is 0 Å². The molecule has 2 amide bonds. The van der Waals surface area contributed by atoms with Gasteiger partial charge >= 0.3 is 6.09 Å². The summed E-state index contributed by atoms with van der Waals surface area (Å²) >= 11 is 1.86. The Bertz CT molecular complexity index is 865. The zero-order chi connectivity index (χ0) is 20.4. The highest BCUT2D eigenvalue weighted by Gasteiger charge is 2.36. The van der Waals surface area contributed by atoms with Crippen molar-refractivity contribution in [3.63, 3.8) is 0 Å². The molecular weight excluding hydrogens is 494 g/mol. The van der Waals surface area contributed by atoms with E-state index in [2.05, 4.69) is 5.32 Å². The number of benzene rings is 1. The van der Waals surface area contributed by atoms with Gasteiger partial charge in [-0.2, -0.15) is 0 Å². The standard InChI is InChI=1S/C17H15F3IN3O4/c18-11-5-12(24-8-10(28-17(24)27)7-22-13(26)6-21)14(19)15(20)16(11)23-3-1-9(25)2-4-23/h1,3,5,10H,2,4,6-8H2,(H,22,26)/t10-/m0/s1. The largest absolute Gasteiger partial charge is 0.442 e. The Kier molecular flexibility index (Phi) is 6.10. The van der Waals surface area contributed by atoms with Gasteiger partial charge in [-0.25, -0.2) is 18.0 Å². The average molecular weight is 509 g/mol. The predicted molar refractivity (Wildman–Crippen MR) is 102 cm³/mol. The Hall–Kier alpha value is -2.31. The van der Waals surface area contributed by atoms with Crippen molar-refractivity contribution in [1.29, 1.82) is 0 Å². The van der Waals surface area contributed by atoms with Gasteiger partial charge in [-0.05, 0) is 6.08 Å². The molecule has 2 aliphatic heterocycles. The molecule has 0 aliphatic carbocycles. The van der Waals surface area contributed by atoms with Gasteiger partial charge in [0.25, 0.3) is 0 Å². The second kappa shape index (κ2) is 8.37. The molecule has 1 fully saturated rings. The topological polar surface area (TPSA) is 79.0 Å². The van der Waals surface area contributed by atoms with Crippen molar-refractivity contribution in [2.24, 2.45) is 0 Å². The van der Waals surface area contributed by atoms with Gasteiger partial charge in [0.1, 0.15) is 11.8 Å². The third-order valence-electron chi connectivity index (χ3n) is 4.25. The van der Waals surface area contributed by atoms with Gasteiger partial charge in [0, 0.05) is 25.2 Å². The summed E-state index contributed by atoms with van der Waals surface area (Å²) < 4.78 is 49.0. The van der Waals surface area contributed by atoms with E-state index in [0.717, 1.165) is 15.9 Å². The molecule has 0 saturated carbocycles. The molecule has 1 saturated heterocycles. The Morgan fingerprint density at radius 2 is 2.04 bits per heavy atom. The van der Waals surface area contributed by atoms with Crippen LogP contribution in [-0.4, -0.2) is 47.9 Å². The molecule has 11 heteroatoms. The van der Waals surface area contributed by atoms with Crippen molar-refractivity contribution in [2.75, 3.05) is 33.9 Å². The number of ether oxygens (including phenoxy) is 1. The summed E-state index contributed by atoms with van der Waals surface area (Å²) in [6, 6.07) is 0.713. The number of hydrogen-bond acceptors (Lipinski definition) is 5. The Balaban J connectivity index is 1.83. The van der Waals surface area contributed by atoms with Gasteiger partial charge in [0.05, 0.1) is 23.2 Å². The monoisotopic (exact) mass is 509 g/mol. The van der Waals surface area contributed by atoms with Gasteiger partial charge in [0.15, 0.2) is 23.2 Å². The third kappa shape index (κ3) is 4.08. The number of nitrogens with zero attached hydrogens (tertiary/aromatic N) is 2. The highest BCUT2D eigenvalue weighted by molar-refractivity contribution is 14.1. The van der Waals surface area contributed by atoms with Crippen LogP contribution in [0, 0.1) is 17.5 Å². The molecular formula is C17H15F3IN3O4. The van der Waals surface area contributed by atoms with Gasteiger partial charge in [-0.15, -0.1) is 0 Å². The number of amides is 2. The lowest BCUT2D eigenvalue weighted by Crippen LogP contribution is -2.35. The SMILES string of the molecule is O=C1C=CN(c2c(F)cc(N3C[C@H](CNC(=O)CI)OC3=O)c(F)c2F)CC1. The molecule has 0 spiro atoms. The number of carbonyl (C=O) groups excluding carboxylic acids is 3. The first-order chi connectivity index (χ1) is 13.3. The molecule has 7 nitrogen and oxygen atoms in total. The number of rotatable bonds is 5. The molecule has 2 heterocycles. The van der Waals surface area contributed by atoms with Crippen LogP contribution >= 0.6 is 22.6 Å². The van der Waals surface area contributed by atoms with E-state index in [-0.39, 0.29) is 42.2 Å². The number of halogens is 4. The van der Waals surface area contributed by atoms with Crippen LogP contribution in [0.2, 0.25) is 0 Å². The summed E-state index contributed by atoms with van der Waals surface area (Å²) in [5, 5.41) is 2.53. The van der Waals surface area contributed by atoms with E-state index in [0.29, 0.717) is 6.07 Å². The number of nitrogens with one attached hydrogen (secondary N) is 1. The summed E-state index contributed by atoms with van der Waals surface area (Å²) in [6.07, 6.45) is 0.633. The average Bonchev–Trinajstić information content (AvgIpc) is 3.04. The molecule has 150 valence electrons. The molecule has 3 rings (SSSR count). The molecule has 2 aliphatic rings. The van der Waals surface area contributed by atoms with Crippen molar-refractivity contribution in [2.45, 2.75) is 12.5 Å². The van der Waals surface area contributed by atoms with Crippen molar-refractivity contribution in [3.8, 4) is 0 Å². The second-order valence-electron chi connectivity index (χ2n) is 6.13. The third-order valence-corrected chi connectivity index (χ3v) is 4.95. The van der Waals surface area contributed by atoms with E-state index in [1.807, 2.05) is 22.6 Å². The number of carbonyl (C=O) groups is 3. The summed E-state index contributed by atoms with van der Waals surface area (Å²) in [7, 11) is 0. The molecule has 1 aromatic rings. The van der Waals surface area contributed by atoms with Crippen LogP contribution in [0.4, 0.5) is 29.3 Å². The van der Waals surface area contributed by atoms with E-state index < -0.39 is 41.0 Å². The van der Waals surface area contributed by atoms with E-state index >= 15 is 0 Å². The highest BCUT2D eigenvalue weighted by atomic mass is 127. The van der Waals surface area contributed by atoms with Crippen LogP contribution in [0.5, 0.6) is 0 Å². The molecule has 0 aromatic heterocycles. The number of anilines is 2. The predicted octanol–water partition coefficient (Wildman–Crippen LogP) is 2.27.